The van der Waals surface area contributed by atoms with Gasteiger partial charge < -0.3 is 18.6 Å². The van der Waals surface area contributed by atoms with Crippen molar-refractivity contribution in [3.63, 3.8) is 0 Å². The fourth-order valence-corrected chi connectivity index (χ4v) is 3.52. The van der Waals surface area contributed by atoms with E-state index in [0.717, 1.165) is 25.0 Å². The van der Waals surface area contributed by atoms with Gasteiger partial charge in [-0.25, -0.2) is 0 Å². The summed E-state index contributed by atoms with van der Waals surface area (Å²) in [5, 5.41) is 0.720. The number of ether oxygens (including phenoxy) is 3. The van der Waals surface area contributed by atoms with Crippen LogP contribution in [0, 0.1) is 0 Å². The number of ketones is 1. The van der Waals surface area contributed by atoms with E-state index >= 15 is 0 Å². The lowest BCUT2D eigenvalue weighted by Crippen LogP contribution is -2.33. The van der Waals surface area contributed by atoms with Gasteiger partial charge in [0.2, 0.25) is 5.75 Å². The molecule has 142 valence electrons. The maximum absolute atomic E-state index is 12.4. The molecule has 2 aromatic rings. The van der Waals surface area contributed by atoms with E-state index in [2.05, 4.69) is 4.90 Å². The Bertz CT molecular complexity index is 761. The summed E-state index contributed by atoms with van der Waals surface area (Å²) in [5.41, 5.74) is 0.949. The van der Waals surface area contributed by atoms with Crippen LogP contribution >= 0.6 is 0 Å². The predicted octanol–water partition coefficient (Wildman–Crippen LogP) is 3.91. The first kappa shape index (κ1) is 18.6. The zero-order chi connectivity index (χ0) is 18.5. The molecule has 1 aromatic heterocycles. The van der Waals surface area contributed by atoms with Crippen LogP contribution < -0.4 is 14.2 Å². The van der Waals surface area contributed by atoms with Crippen molar-refractivity contribution in [3.05, 3.63) is 17.9 Å². The van der Waals surface area contributed by atoms with Crippen LogP contribution in [-0.2, 0) is 0 Å². The second kappa shape index (κ2) is 8.45. The quantitative estimate of drug-likeness (QED) is 0.665. The number of rotatable bonds is 8. The Hall–Kier alpha value is -2.21. The molecule has 0 unspecified atom stereocenters. The summed E-state index contributed by atoms with van der Waals surface area (Å²) in [6.45, 7) is 7.34. The Labute approximate surface area is 154 Å². The minimum absolute atomic E-state index is 0.122. The Morgan fingerprint density at radius 3 is 2.58 bits per heavy atom. The van der Waals surface area contributed by atoms with E-state index in [0.29, 0.717) is 41.6 Å². The molecular formula is C20H27NO5. The summed E-state index contributed by atoms with van der Waals surface area (Å²) in [7, 11) is 1.55. The SMILES string of the molecule is CCOc1c(C(C)=O)c(OCCN2CCCCC2)c(OC)c2occc12. The van der Waals surface area contributed by atoms with Gasteiger partial charge in [-0.3, -0.25) is 9.69 Å². The van der Waals surface area contributed by atoms with Gasteiger partial charge in [-0.05, 0) is 45.8 Å². The summed E-state index contributed by atoms with van der Waals surface area (Å²) in [6, 6.07) is 1.78. The molecule has 0 radical (unpaired) electrons. The van der Waals surface area contributed by atoms with E-state index in [1.165, 1.54) is 26.2 Å². The number of benzene rings is 1. The maximum Gasteiger partial charge on any atom is 0.205 e. The van der Waals surface area contributed by atoms with Gasteiger partial charge in [-0.2, -0.15) is 0 Å². The Morgan fingerprint density at radius 1 is 1.15 bits per heavy atom. The van der Waals surface area contributed by atoms with Gasteiger partial charge in [0.05, 0.1) is 25.4 Å². The first-order valence-electron chi connectivity index (χ1n) is 9.27. The molecule has 3 rings (SSSR count). The molecule has 1 saturated heterocycles. The summed E-state index contributed by atoms with van der Waals surface area (Å²) >= 11 is 0. The van der Waals surface area contributed by atoms with Crippen molar-refractivity contribution in [3.8, 4) is 17.2 Å². The van der Waals surface area contributed by atoms with E-state index in [1.54, 1.807) is 19.4 Å². The number of furan rings is 1. The largest absolute Gasteiger partial charge is 0.492 e. The number of hydrogen-bond donors (Lipinski definition) is 0. The van der Waals surface area contributed by atoms with E-state index in [-0.39, 0.29) is 5.78 Å². The number of likely N-dealkylation sites (tertiary alicyclic amines) is 1. The van der Waals surface area contributed by atoms with Crippen molar-refractivity contribution < 1.29 is 23.4 Å². The minimum atomic E-state index is -0.122. The standard InChI is InChI=1S/C20H27NO5/c1-4-24-17-15-8-12-25-18(15)20(23-3)19(16(17)14(2)22)26-13-11-21-9-6-5-7-10-21/h8,12H,4-7,9-11,13H2,1-3H3. The monoisotopic (exact) mass is 361 g/mol. The first-order chi connectivity index (χ1) is 12.7. The van der Waals surface area contributed by atoms with E-state index in [4.69, 9.17) is 18.6 Å². The molecule has 1 aromatic carbocycles. The fourth-order valence-electron chi connectivity index (χ4n) is 3.52. The number of methoxy groups -OCH3 is 1. The molecular weight excluding hydrogens is 334 g/mol. The van der Waals surface area contributed by atoms with Gasteiger partial charge in [-0.1, -0.05) is 6.42 Å². The number of piperidine rings is 1. The summed E-state index contributed by atoms with van der Waals surface area (Å²) in [4.78, 5) is 14.8. The third kappa shape index (κ3) is 3.65. The molecule has 6 heteroatoms. The van der Waals surface area contributed by atoms with Crippen molar-refractivity contribution in [1.29, 1.82) is 0 Å². The third-order valence-electron chi connectivity index (χ3n) is 4.72. The van der Waals surface area contributed by atoms with Crippen LogP contribution in [0.4, 0.5) is 0 Å². The lowest BCUT2D eigenvalue weighted by molar-refractivity contribution is 0.100. The van der Waals surface area contributed by atoms with Crippen molar-refractivity contribution in [1.82, 2.24) is 4.90 Å². The predicted molar refractivity (Wildman–Crippen MR) is 99.7 cm³/mol. The first-order valence-corrected chi connectivity index (χ1v) is 9.27. The van der Waals surface area contributed by atoms with Crippen LogP contribution in [0.2, 0.25) is 0 Å². The third-order valence-corrected chi connectivity index (χ3v) is 4.72. The molecule has 26 heavy (non-hydrogen) atoms. The van der Waals surface area contributed by atoms with Gasteiger partial charge in [0.25, 0.3) is 0 Å². The van der Waals surface area contributed by atoms with Crippen LogP contribution in [-0.4, -0.2) is 50.6 Å². The van der Waals surface area contributed by atoms with Gasteiger partial charge in [0, 0.05) is 6.54 Å². The summed E-state index contributed by atoms with van der Waals surface area (Å²) in [6.07, 6.45) is 5.33. The highest BCUT2D eigenvalue weighted by atomic mass is 16.5. The lowest BCUT2D eigenvalue weighted by Gasteiger charge is -2.26. The van der Waals surface area contributed by atoms with Crippen molar-refractivity contribution >= 4 is 16.8 Å². The van der Waals surface area contributed by atoms with Crippen LogP contribution in [0.25, 0.3) is 11.0 Å². The molecule has 0 saturated carbocycles. The number of carbonyl (C=O) groups excluding carboxylic acids is 1. The Kier molecular flexibility index (Phi) is 6.04. The molecule has 1 aliphatic heterocycles. The van der Waals surface area contributed by atoms with Crippen molar-refractivity contribution in [2.45, 2.75) is 33.1 Å². The Morgan fingerprint density at radius 2 is 1.92 bits per heavy atom. The van der Waals surface area contributed by atoms with E-state index in [9.17, 15) is 4.79 Å². The molecule has 1 aliphatic rings. The van der Waals surface area contributed by atoms with Crippen molar-refractivity contribution in [2.75, 3.05) is 40.0 Å². The molecule has 1 fully saturated rings. The van der Waals surface area contributed by atoms with Crippen LogP contribution in [0.3, 0.4) is 0 Å². The molecule has 6 nitrogen and oxygen atoms in total. The van der Waals surface area contributed by atoms with Crippen LogP contribution in [0.15, 0.2) is 16.7 Å². The van der Waals surface area contributed by atoms with Crippen LogP contribution in [0.1, 0.15) is 43.5 Å². The second-order valence-corrected chi connectivity index (χ2v) is 6.47. The second-order valence-electron chi connectivity index (χ2n) is 6.47. The fraction of sp³-hybridized carbons (Fsp3) is 0.550. The Balaban J connectivity index is 1.95. The highest BCUT2D eigenvalue weighted by molar-refractivity contribution is 6.08. The molecule has 0 N–H and O–H groups in total. The minimum Gasteiger partial charge on any atom is -0.492 e. The maximum atomic E-state index is 12.4. The van der Waals surface area contributed by atoms with Crippen molar-refractivity contribution in [2.24, 2.45) is 0 Å². The number of nitrogens with zero attached hydrogens (tertiary/aromatic N) is 1. The van der Waals surface area contributed by atoms with Gasteiger partial charge >= 0.3 is 0 Å². The van der Waals surface area contributed by atoms with Crippen LogP contribution in [0.5, 0.6) is 17.2 Å². The average molecular weight is 361 g/mol. The molecule has 2 heterocycles. The molecule has 0 spiro atoms. The van der Waals surface area contributed by atoms with Gasteiger partial charge in [-0.15, -0.1) is 0 Å². The van der Waals surface area contributed by atoms with E-state index in [1.807, 2.05) is 6.92 Å². The highest BCUT2D eigenvalue weighted by Crippen LogP contribution is 2.46. The number of fused-ring (bicyclic) bond motifs is 1. The van der Waals surface area contributed by atoms with Gasteiger partial charge in [0.15, 0.2) is 17.1 Å². The smallest absolute Gasteiger partial charge is 0.205 e. The number of hydrogen-bond acceptors (Lipinski definition) is 6. The topological polar surface area (TPSA) is 61.1 Å². The molecule has 0 aliphatic carbocycles. The number of carbonyl (C=O) groups is 1. The van der Waals surface area contributed by atoms with Gasteiger partial charge in [0.1, 0.15) is 17.9 Å². The van der Waals surface area contributed by atoms with E-state index < -0.39 is 0 Å². The highest BCUT2D eigenvalue weighted by Gasteiger charge is 2.27. The molecule has 0 bridgehead atoms. The molecule has 0 amide bonds. The zero-order valence-corrected chi connectivity index (χ0v) is 15.8. The summed E-state index contributed by atoms with van der Waals surface area (Å²) < 4.78 is 23.0. The molecule has 0 atom stereocenters. The average Bonchev–Trinajstić information content (AvgIpc) is 3.12. The number of Topliss-reactive ketones (excluding diaryl/α,β-unsaturated/α-hetero) is 1. The summed E-state index contributed by atoms with van der Waals surface area (Å²) in [5.74, 6) is 1.22. The normalized spacial score (nSPS) is 15.2. The lowest BCUT2D eigenvalue weighted by atomic mass is 10.0. The zero-order valence-electron chi connectivity index (χ0n) is 15.8.